The van der Waals surface area contributed by atoms with Crippen molar-refractivity contribution in [2.24, 2.45) is 0 Å². The summed E-state index contributed by atoms with van der Waals surface area (Å²) in [6.07, 6.45) is 0. The van der Waals surface area contributed by atoms with Crippen molar-refractivity contribution in [3.05, 3.63) is 29.8 Å². The second-order valence-corrected chi connectivity index (χ2v) is 4.86. The van der Waals surface area contributed by atoms with Gasteiger partial charge in [-0.2, -0.15) is 0 Å². The van der Waals surface area contributed by atoms with E-state index in [0.717, 1.165) is 0 Å². The maximum absolute atomic E-state index is 11.9. The number of rotatable bonds is 6. The molecule has 5 nitrogen and oxygen atoms in total. The van der Waals surface area contributed by atoms with Crippen molar-refractivity contribution in [2.45, 2.75) is 19.9 Å². The van der Waals surface area contributed by atoms with Crippen LogP contribution in [0.15, 0.2) is 24.3 Å². The SMILES string of the molecule is CC(C)NC(=O)CN(C)CC(=O)c1ccc(O)cc1. The topological polar surface area (TPSA) is 69.6 Å². The van der Waals surface area contributed by atoms with Gasteiger partial charge in [0.2, 0.25) is 5.91 Å². The number of Topliss-reactive ketones (excluding diaryl/α,β-unsaturated/α-hetero) is 1. The van der Waals surface area contributed by atoms with Gasteiger partial charge in [0.1, 0.15) is 5.75 Å². The molecular weight excluding hydrogens is 244 g/mol. The molecular formula is C14H20N2O3. The van der Waals surface area contributed by atoms with Crippen LogP contribution in [-0.4, -0.2) is 47.9 Å². The van der Waals surface area contributed by atoms with Crippen molar-refractivity contribution in [2.75, 3.05) is 20.1 Å². The average Bonchev–Trinajstić information content (AvgIpc) is 2.27. The summed E-state index contributed by atoms with van der Waals surface area (Å²) >= 11 is 0. The van der Waals surface area contributed by atoms with Crippen molar-refractivity contribution in [3.8, 4) is 5.75 Å². The highest BCUT2D eigenvalue weighted by Gasteiger charge is 2.12. The zero-order valence-corrected chi connectivity index (χ0v) is 11.5. The monoisotopic (exact) mass is 264 g/mol. The molecule has 0 atom stereocenters. The van der Waals surface area contributed by atoms with Gasteiger partial charge in [0.15, 0.2) is 5.78 Å². The van der Waals surface area contributed by atoms with Gasteiger partial charge in [0.25, 0.3) is 0 Å². The van der Waals surface area contributed by atoms with Crippen LogP contribution in [0.4, 0.5) is 0 Å². The molecule has 0 spiro atoms. The first kappa shape index (κ1) is 15.2. The van der Waals surface area contributed by atoms with Gasteiger partial charge in [-0.3, -0.25) is 14.5 Å². The molecule has 1 amide bonds. The fourth-order valence-corrected chi connectivity index (χ4v) is 1.65. The van der Waals surface area contributed by atoms with Crippen molar-refractivity contribution in [1.82, 2.24) is 10.2 Å². The van der Waals surface area contributed by atoms with Gasteiger partial charge in [-0.25, -0.2) is 0 Å². The van der Waals surface area contributed by atoms with Gasteiger partial charge in [0.05, 0.1) is 13.1 Å². The summed E-state index contributed by atoms with van der Waals surface area (Å²) in [4.78, 5) is 25.1. The minimum absolute atomic E-state index is 0.0835. The molecule has 0 aromatic heterocycles. The Balaban J connectivity index is 2.48. The maximum Gasteiger partial charge on any atom is 0.234 e. The van der Waals surface area contributed by atoms with E-state index in [0.29, 0.717) is 5.56 Å². The summed E-state index contributed by atoms with van der Waals surface area (Å²) in [6, 6.07) is 6.17. The molecule has 1 aromatic carbocycles. The lowest BCUT2D eigenvalue weighted by atomic mass is 10.1. The van der Waals surface area contributed by atoms with Crippen LogP contribution in [0.3, 0.4) is 0 Å². The number of ketones is 1. The molecule has 0 heterocycles. The van der Waals surface area contributed by atoms with E-state index in [1.54, 1.807) is 24.1 Å². The van der Waals surface area contributed by atoms with Crippen LogP contribution in [0.5, 0.6) is 5.75 Å². The molecule has 0 unspecified atom stereocenters. The molecule has 19 heavy (non-hydrogen) atoms. The van der Waals surface area contributed by atoms with Crippen LogP contribution in [-0.2, 0) is 4.79 Å². The Morgan fingerprint density at radius 3 is 2.32 bits per heavy atom. The van der Waals surface area contributed by atoms with Crippen LogP contribution in [0.2, 0.25) is 0 Å². The number of hydrogen-bond acceptors (Lipinski definition) is 4. The van der Waals surface area contributed by atoms with E-state index >= 15 is 0 Å². The molecule has 0 aliphatic heterocycles. The number of carbonyl (C=O) groups excluding carboxylic acids is 2. The molecule has 104 valence electrons. The number of likely N-dealkylation sites (N-methyl/N-ethyl adjacent to an activating group) is 1. The average molecular weight is 264 g/mol. The van der Waals surface area contributed by atoms with Crippen LogP contribution in [0.1, 0.15) is 24.2 Å². The van der Waals surface area contributed by atoms with E-state index < -0.39 is 0 Å². The summed E-state index contributed by atoms with van der Waals surface area (Å²) in [7, 11) is 1.72. The van der Waals surface area contributed by atoms with Gasteiger partial charge in [-0.05, 0) is 45.2 Å². The first-order valence-corrected chi connectivity index (χ1v) is 6.18. The number of phenolic OH excluding ortho intramolecular Hbond substituents is 1. The predicted octanol–water partition coefficient (Wildman–Crippen LogP) is 1.03. The smallest absolute Gasteiger partial charge is 0.234 e. The van der Waals surface area contributed by atoms with Crippen LogP contribution >= 0.6 is 0 Å². The third-order valence-corrected chi connectivity index (χ3v) is 2.47. The maximum atomic E-state index is 11.9. The second kappa shape index (κ2) is 6.89. The normalized spacial score (nSPS) is 10.8. The third kappa shape index (κ3) is 5.52. The van der Waals surface area contributed by atoms with Crippen LogP contribution < -0.4 is 5.32 Å². The summed E-state index contributed by atoms with van der Waals surface area (Å²) in [5, 5.41) is 11.9. The van der Waals surface area contributed by atoms with Crippen molar-refractivity contribution >= 4 is 11.7 Å². The summed E-state index contributed by atoms with van der Waals surface area (Å²) in [5.74, 6) is -0.0583. The quantitative estimate of drug-likeness (QED) is 0.753. The number of aromatic hydroxyl groups is 1. The highest BCUT2D eigenvalue weighted by atomic mass is 16.3. The zero-order valence-electron chi connectivity index (χ0n) is 11.5. The summed E-state index contributed by atoms with van der Waals surface area (Å²) < 4.78 is 0. The molecule has 1 rings (SSSR count). The number of amides is 1. The molecule has 0 bridgehead atoms. The molecule has 0 saturated heterocycles. The van der Waals surface area contributed by atoms with Crippen molar-refractivity contribution < 1.29 is 14.7 Å². The second-order valence-electron chi connectivity index (χ2n) is 4.86. The summed E-state index contributed by atoms with van der Waals surface area (Å²) in [6.45, 7) is 4.12. The molecule has 2 N–H and O–H groups in total. The van der Waals surface area contributed by atoms with E-state index in [-0.39, 0.29) is 36.6 Å². The molecule has 0 radical (unpaired) electrons. The standard InChI is InChI=1S/C14H20N2O3/c1-10(2)15-14(19)9-16(3)8-13(18)11-4-6-12(17)7-5-11/h4-7,10,17H,8-9H2,1-3H3,(H,15,19). The highest BCUT2D eigenvalue weighted by Crippen LogP contribution is 2.10. The Kier molecular flexibility index (Phi) is 5.51. The summed E-state index contributed by atoms with van der Waals surface area (Å²) in [5.41, 5.74) is 0.522. The van der Waals surface area contributed by atoms with Gasteiger partial charge in [0, 0.05) is 11.6 Å². The molecule has 5 heteroatoms. The Bertz CT molecular complexity index is 441. The Hall–Kier alpha value is -1.88. The van der Waals surface area contributed by atoms with E-state index in [2.05, 4.69) is 5.32 Å². The lowest BCUT2D eigenvalue weighted by molar-refractivity contribution is -0.122. The fraction of sp³-hybridized carbons (Fsp3) is 0.429. The van der Waals surface area contributed by atoms with Gasteiger partial charge >= 0.3 is 0 Å². The van der Waals surface area contributed by atoms with E-state index in [1.165, 1.54) is 12.1 Å². The molecule has 0 saturated carbocycles. The largest absolute Gasteiger partial charge is 0.508 e. The first-order valence-electron chi connectivity index (χ1n) is 6.18. The molecule has 0 aliphatic carbocycles. The number of nitrogens with one attached hydrogen (secondary N) is 1. The zero-order chi connectivity index (χ0) is 14.4. The van der Waals surface area contributed by atoms with E-state index in [1.807, 2.05) is 13.8 Å². The van der Waals surface area contributed by atoms with Gasteiger partial charge in [-0.1, -0.05) is 0 Å². The Morgan fingerprint density at radius 1 is 1.21 bits per heavy atom. The van der Waals surface area contributed by atoms with E-state index in [4.69, 9.17) is 5.11 Å². The molecule has 0 aliphatic rings. The number of hydrogen-bond donors (Lipinski definition) is 2. The van der Waals surface area contributed by atoms with Crippen molar-refractivity contribution in [1.29, 1.82) is 0 Å². The fourth-order valence-electron chi connectivity index (χ4n) is 1.65. The third-order valence-electron chi connectivity index (χ3n) is 2.47. The minimum Gasteiger partial charge on any atom is -0.508 e. The van der Waals surface area contributed by atoms with Crippen molar-refractivity contribution in [3.63, 3.8) is 0 Å². The van der Waals surface area contributed by atoms with Crippen LogP contribution in [0, 0.1) is 0 Å². The van der Waals surface area contributed by atoms with E-state index in [9.17, 15) is 9.59 Å². The Morgan fingerprint density at radius 2 is 1.79 bits per heavy atom. The Labute approximate surface area is 113 Å². The number of benzene rings is 1. The van der Waals surface area contributed by atoms with Gasteiger partial charge < -0.3 is 10.4 Å². The lowest BCUT2D eigenvalue weighted by Crippen LogP contribution is -2.40. The molecule has 1 aromatic rings. The number of nitrogens with zero attached hydrogens (tertiary/aromatic N) is 1. The minimum atomic E-state index is -0.101. The van der Waals surface area contributed by atoms with Crippen LogP contribution in [0.25, 0.3) is 0 Å². The number of phenols is 1. The predicted molar refractivity (Wildman–Crippen MR) is 73.2 cm³/mol. The number of carbonyl (C=O) groups is 2. The molecule has 0 fully saturated rings. The highest BCUT2D eigenvalue weighted by molar-refractivity contribution is 5.97. The lowest BCUT2D eigenvalue weighted by Gasteiger charge is -2.16. The first-order chi connectivity index (χ1) is 8.88. The van der Waals surface area contributed by atoms with Gasteiger partial charge in [-0.15, -0.1) is 0 Å².